The van der Waals surface area contributed by atoms with Crippen LogP contribution in [0.1, 0.15) is 26.7 Å². The Labute approximate surface area is 83.0 Å². The van der Waals surface area contributed by atoms with Crippen LogP contribution in [0, 0.1) is 0 Å². The van der Waals surface area contributed by atoms with Gasteiger partial charge in [0.25, 0.3) is 0 Å². The van der Waals surface area contributed by atoms with Crippen molar-refractivity contribution < 1.29 is 9.59 Å². The van der Waals surface area contributed by atoms with Crippen molar-refractivity contribution in [3.8, 4) is 0 Å². The molecule has 0 aliphatic rings. The number of amides is 3. The lowest BCUT2D eigenvalue weighted by Crippen LogP contribution is -2.44. The fraction of sp³-hybridized carbons (Fsp3) is 0.750. The molecule has 5 heteroatoms. The third-order valence-corrected chi connectivity index (χ3v) is 1.94. The van der Waals surface area contributed by atoms with Crippen LogP contribution in [0.3, 0.4) is 0 Å². The predicted molar refractivity (Wildman–Crippen MR) is 51.8 cm³/mol. The van der Waals surface area contributed by atoms with E-state index in [4.69, 9.17) is 11.6 Å². The van der Waals surface area contributed by atoms with Crippen LogP contribution in [-0.4, -0.2) is 23.9 Å². The molecule has 0 aromatic rings. The highest BCUT2D eigenvalue weighted by molar-refractivity contribution is 6.28. The smallest absolute Gasteiger partial charge is 0.321 e. The summed E-state index contributed by atoms with van der Waals surface area (Å²) in [6.45, 7) is 3.94. The zero-order valence-corrected chi connectivity index (χ0v) is 8.65. The molecule has 0 spiro atoms. The number of urea groups is 1. The molecule has 0 radical (unpaired) electrons. The average molecular weight is 207 g/mol. The molecule has 0 heterocycles. The molecule has 0 aromatic carbocycles. The van der Waals surface area contributed by atoms with Crippen LogP contribution in [0.15, 0.2) is 0 Å². The highest BCUT2D eigenvalue weighted by Crippen LogP contribution is 1.94. The van der Waals surface area contributed by atoms with Gasteiger partial charge < -0.3 is 5.32 Å². The molecule has 0 aliphatic carbocycles. The zero-order valence-electron chi connectivity index (χ0n) is 7.89. The quantitative estimate of drug-likeness (QED) is 0.680. The first-order valence-electron chi connectivity index (χ1n) is 4.30. The number of hydrogen-bond donors (Lipinski definition) is 2. The lowest BCUT2D eigenvalue weighted by atomic mass is 10.2. The highest BCUT2D eigenvalue weighted by Gasteiger charge is 2.09. The van der Waals surface area contributed by atoms with Gasteiger partial charge in [-0.1, -0.05) is 13.8 Å². The minimum atomic E-state index is -0.481. The number of nitrogens with one attached hydrogen (secondary N) is 2. The van der Waals surface area contributed by atoms with Crippen molar-refractivity contribution in [2.75, 3.05) is 5.88 Å². The van der Waals surface area contributed by atoms with Crippen LogP contribution in [0.5, 0.6) is 0 Å². The second-order valence-corrected chi connectivity index (χ2v) is 2.94. The highest BCUT2D eigenvalue weighted by atomic mass is 35.5. The summed E-state index contributed by atoms with van der Waals surface area (Å²) in [5.74, 6) is -0.679. The van der Waals surface area contributed by atoms with Crippen LogP contribution in [0.2, 0.25) is 0 Å². The Morgan fingerprint density at radius 3 is 2.23 bits per heavy atom. The molecule has 0 fully saturated rings. The van der Waals surface area contributed by atoms with Crippen molar-refractivity contribution in [2.45, 2.75) is 32.7 Å². The third-order valence-electron chi connectivity index (χ3n) is 1.70. The summed E-state index contributed by atoms with van der Waals surface area (Å²) in [6.07, 6.45) is 1.69. The van der Waals surface area contributed by atoms with Gasteiger partial charge in [0.2, 0.25) is 5.91 Å². The molecule has 4 nitrogen and oxygen atoms in total. The van der Waals surface area contributed by atoms with Crippen LogP contribution in [-0.2, 0) is 4.79 Å². The number of hydrogen-bond acceptors (Lipinski definition) is 2. The van der Waals surface area contributed by atoms with Gasteiger partial charge >= 0.3 is 6.03 Å². The first-order valence-corrected chi connectivity index (χ1v) is 4.83. The summed E-state index contributed by atoms with van der Waals surface area (Å²) in [5.41, 5.74) is 0. The normalized spacial score (nSPS) is 9.85. The van der Waals surface area contributed by atoms with Crippen molar-refractivity contribution in [1.82, 2.24) is 10.6 Å². The van der Waals surface area contributed by atoms with Gasteiger partial charge in [-0.3, -0.25) is 10.1 Å². The van der Waals surface area contributed by atoms with Crippen molar-refractivity contribution >= 4 is 23.5 Å². The Morgan fingerprint density at radius 2 is 1.85 bits per heavy atom. The van der Waals surface area contributed by atoms with Crippen LogP contribution in [0.4, 0.5) is 4.79 Å². The predicted octanol–water partition coefficient (Wildman–Crippen LogP) is 1.24. The summed E-state index contributed by atoms with van der Waals surface area (Å²) in [6, 6.07) is -0.359. The van der Waals surface area contributed by atoms with Crippen molar-refractivity contribution in [2.24, 2.45) is 0 Å². The first kappa shape index (κ1) is 12.2. The largest absolute Gasteiger partial charge is 0.335 e. The van der Waals surface area contributed by atoms with E-state index in [1.54, 1.807) is 0 Å². The molecule has 76 valence electrons. The zero-order chi connectivity index (χ0) is 10.3. The number of carbonyl (C=O) groups is 2. The molecule has 0 aromatic heterocycles. The molecular formula is C8H15ClN2O2. The number of alkyl halides is 1. The number of halogens is 1. The third kappa shape index (κ3) is 5.47. The molecule has 0 unspecified atom stereocenters. The minimum Gasteiger partial charge on any atom is -0.335 e. The maximum atomic E-state index is 11.0. The maximum absolute atomic E-state index is 11.0. The van der Waals surface area contributed by atoms with Crippen LogP contribution < -0.4 is 10.6 Å². The van der Waals surface area contributed by atoms with Gasteiger partial charge in [-0.25, -0.2) is 4.79 Å². The van der Waals surface area contributed by atoms with E-state index in [0.717, 1.165) is 12.8 Å². The van der Waals surface area contributed by atoms with E-state index in [1.807, 2.05) is 13.8 Å². The van der Waals surface area contributed by atoms with E-state index in [9.17, 15) is 9.59 Å². The fourth-order valence-corrected chi connectivity index (χ4v) is 0.941. The lowest BCUT2D eigenvalue weighted by molar-refractivity contribution is -0.117. The van der Waals surface area contributed by atoms with Gasteiger partial charge in [0, 0.05) is 6.04 Å². The number of imide groups is 1. The summed E-state index contributed by atoms with van der Waals surface area (Å²) in [7, 11) is 0. The van der Waals surface area contributed by atoms with Crippen molar-refractivity contribution in [3.05, 3.63) is 0 Å². The Kier molecular flexibility index (Phi) is 6.32. The van der Waals surface area contributed by atoms with Crippen molar-refractivity contribution in [3.63, 3.8) is 0 Å². The second-order valence-electron chi connectivity index (χ2n) is 2.67. The molecule has 0 rings (SSSR count). The summed E-state index contributed by atoms with van der Waals surface area (Å²) >= 11 is 5.21. The SMILES string of the molecule is CCC(CC)NC(=O)NC(=O)CCl. The number of carbonyl (C=O) groups excluding carboxylic acids is 2. The van der Waals surface area contributed by atoms with E-state index in [2.05, 4.69) is 10.6 Å². The van der Waals surface area contributed by atoms with E-state index in [1.165, 1.54) is 0 Å². The molecule has 0 atom stereocenters. The van der Waals surface area contributed by atoms with Gasteiger partial charge in [0.05, 0.1) is 0 Å². The summed E-state index contributed by atoms with van der Waals surface area (Å²) in [5, 5.41) is 4.76. The standard InChI is InChI=1S/C8H15ClN2O2/c1-3-6(4-2)10-8(13)11-7(12)5-9/h6H,3-5H2,1-2H3,(H2,10,11,12,13). The summed E-state index contributed by atoms with van der Waals surface area (Å²) in [4.78, 5) is 21.7. The van der Waals surface area contributed by atoms with E-state index in [0.29, 0.717) is 0 Å². The van der Waals surface area contributed by atoms with Gasteiger partial charge in [0.15, 0.2) is 0 Å². The van der Waals surface area contributed by atoms with E-state index >= 15 is 0 Å². The molecule has 3 amide bonds. The summed E-state index contributed by atoms with van der Waals surface area (Å²) < 4.78 is 0. The van der Waals surface area contributed by atoms with E-state index in [-0.39, 0.29) is 11.9 Å². The average Bonchev–Trinajstić information content (AvgIpc) is 2.13. The number of rotatable bonds is 4. The van der Waals surface area contributed by atoms with Gasteiger partial charge in [-0.2, -0.15) is 0 Å². The Morgan fingerprint density at radius 1 is 1.31 bits per heavy atom. The van der Waals surface area contributed by atoms with Gasteiger partial charge in [-0.15, -0.1) is 11.6 Å². The van der Waals surface area contributed by atoms with Gasteiger partial charge in [-0.05, 0) is 12.8 Å². The van der Waals surface area contributed by atoms with Crippen LogP contribution in [0.25, 0.3) is 0 Å². The molecule has 0 bridgehead atoms. The second kappa shape index (κ2) is 6.71. The minimum absolute atomic E-state index is 0.114. The first-order chi connectivity index (χ1) is 6.13. The molecule has 0 saturated heterocycles. The Hall–Kier alpha value is -0.770. The van der Waals surface area contributed by atoms with Crippen LogP contribution >= 0.6 is 11.6 Å². The van der Waals surface area contributed by atoms with Gasteiger partial charge in [0.1, 0.15) is 5.88 Å². The Balaban J connectivity index is 3.79. The Bertz CT molecular complexity index is 181. The topological polar surface area (TPSA) is 58.2 Å². The fourth-order valence-electron chi connectivity index (χ4n) is 0.874. The van der Waals surface area contributed by atoms with E-state index < -0.39 is 11.9 Å². The monoisotopic (exact) mass is 206 g/mol. The lowest BCUT2D eigenvalue weighted by Gasteiger charge is -2.14. The molecular weight excluding hydrogens is 192 g/mol. The molecule has 13 heavy (non-hydrogen) atoms. The molecule has 2 N–H and O–H groups in total. The molecule has 0 saturated carbocycles. The molecule has 0 aliphatic heterocycles. The van der Waals surface area contributed by atoms with Crippen molar-refractivity contribution in [1.29, 1.82) is 0 Å². The maximum Gasteiger partial charge on any atom is 0.321 e.